The van der Waals surface area contributed by atoms with Crippen molar-refractivity contribution < 1.29 is 9.50 Å². The number of aromatic nitrogens is 4. The number of halogens is 1. The number of aliphatic hydroxyl groups is 1. The third kappa shape index (κ3) is 5.37. The van der Waals surface area contributed by atoms with E-state index in [4.69, 9.17) is 0 Å². The van der Waals surface area contributed by atoms with Gasteiger partial charge >= 0.3 is 0 Å². The van der Waals surface area contributed by atoms with Gasteiger partial charge in [0.05, 0.1) is 11.4 Å². The highest BCUT2D eigenvalue weighted by Gasteiger charge is 2.24. The zero-order chi connectivity index (χ0) is 24.3. The number of aliphatic hydroxyl groups excluding tert-OH is 1. The second-order valence-corrected chi connectivity index (χ2v) is 9.23. The summed E-state index contributed by atoms with van der Waals surface area (Å²) in [6.07, 6.45) is 8.60. The molecule has 0 spiro atoms. The quantitative estimate of drug-likeness (QED) is 0.402. The molecule has 4 rings (SSSR count). The number of anilines is 3. The van der Waals surface area contributed by atoms with Crippen molar-refractivity contribution in [2.24, 2.45) is 11.3 Å². The molecule has 0 saturated heterocycles. The van der Waals surface area contributed by atoms with Gasteiger partial charge in [0, 0.05) is 11.8 Å². The lowest BCUT2D eigenvalue weighted by molar-refractivity contribution is 0.238. The van der Waals surface area contributed by atoms with E-state index in [1.165, 1.54) is 12.4 Å². The lowest BCUT2D eigenvalue weighted by atomic mass is 9.76. The zero-order valence-corrected chi connectivity index (χ0v) is 19.2. The molecule has 1 aromatic carbocycles. The van der Waals surface area contributed by atoms with E-state index < -0.39 is 17.6 Å². The zero-order valence-electron chi connectivity index (χ0n) is 19.2. The van der Waals surface area contributed by atoms with Gasteiger partial charge in [-0.25, -0.2) is 19.5 Å². The predicted octanol–water partition coefficient (Wildman–Crippen LogP) is 4.39. The molecule has 2 aromatic heterocycles. The maximum absolute atomic E-state index is 14.5. The summed E-state index contributed by atoms with van der Waals surface area (Å²) in [6, 6.07) is 7.55. The van der Waals surface area contributed by atoms with E-state index in [9.17, 15) is 14.3 Å². The molecule has 0 fully saturated rings. The predicted molar refractivity (Wildman–Crippen MR) is 130 cm³/mol. The summed E-state index contributed by atoms with van der Waals surface area (Å²) in [6.45, 7) is 6.53. The minimum atomic E-state index is -1.07. The van der Waals surface area contributed by atoms with E-state index in [0.717, 1.165) is 6.42 Å². The molecule has 0 radical (unpaired) electrons. The third-order valence-corrected chi connectivity index (χ3v) is 5.76. The molecule has 1 aliphatic rings. The fourth-order valence-corrected chi connectivity index (χ4v) is 3.66. The Labute approximate surface area is 196 Å². The number of allylic oxidation sites excluding steroid dienone is 2. The van der Waals surface area contributed by atoms with E-state index in [2.05, 4.69) is 57.6 Å². The highest BCUT2D eigenvalue weighted by molar-refractivity contribution is 5.69. The first-order chi connectivity index (χ1) is 16.2. The van der Waals surface area contributed by atoms with Gasteiger partial charge in [-0.1, -0.05) is 39.0 Å². The number of nitrogens with zero attached hydrogens (tertiary/aromatic N) is 3. The lowest BCUT2D eigenvalue weighted by Crippen LogP contribution is -2.25. The van der Waals surface area contributed by atoms with Crippen molar-refractivity contribution in [3.8, 4) is 11.3 Å². The summed E-state index contributed by atoms with van der Waals surface area (Å²) >= 11 is 0. The Morgan fingerprint density at radius 1 is 1.21 bits per heavy atom. The molecule has 0 saturated carbocycles. The van der Waals surface area contributed by atoms with E-state index in [1.54, 1.807) is 30.5 Å². The first-order valence-electron chi connectivity index (χ1n) is 11.0. The van der Waals surface area contributed by atoms with Crippen molar-refractivity contribution in [2.75, 3.05) is 10.6 Å². The average Bonchev–Trinajstić information content (AvgIpc) is 2.82. The Balaban J connectivity index is 1.54. The third-order valence-electron chi connectivity index (χ3n) is 5.76. The summed E-state index contributed by atoms with van der Waals surface area (Å²) in [7, 11) is 0. The number of aromatic amines is 1. The van der Waals surface area contributed by atoms with Gasteiger partial charge in [-0.15, -0.1) is 0 Å². The highest BCUT2D eigenvalue weighted by atomic mass is 19.1. The van der Waals surface area contributed by atoms with Crippen molar-refractivity contribution >= 4 is 17.2 Å². The van der Waals surface area contributed by atoms with Crippen LogP contribution in [-0.4, -0.2) is 31.5 Å². The van der Waals surface area contributed by atoms with E-state index in [0.29, 0.717) is 28.6 Å². The van der Waals surface area contributed by atoms with Crippen molar-refractivity contribution in [1.82, 2.24) is 20.2 Å². The highest BCUT2D eigenvalue weighted by Crippen LogP contribution is 2.34. The topological polar surface area (TPSA) is 116 Å². The molecule has 176 valence electrons. The molecular formula is C25H27FN6O2. The fraction of sp³-hybridized carbons (Fsp3) is 0.280. The maximum Gasteiger partial charge on any atom is 0.287 e. The summed E-state index contributed by atoms with van der Waals surface area (Å²) in [5, 5.41) is 22.9. The maximum atomic E-state index is 14.5. The van der Waals surface area contributed by atoms with Crippen LogP contribution >= 0.6 is 0 Å². The van der Waals surface area contributed by atoms with Gasteiger partial charge in [0.25, 0.3) is 5.56 Å². The second-order valence-electron chi connectivity index (χ2n) is 9.23. The monoisotopic (exact) mass is 462 g/mol. The molecule has 9 heteroatoms. The van der Waals surface area contributed by atoms with E-state index >= 15 is 0 Å². The summed E-state index contributed by atoms with van der Waals surface area (Å²) in [5.41, 5.74) is 1.70. The van der Waals surface area contributed by atoms with Gasteiger partial charge in [-0.2, -0.15) is 5.10 Å². The van der Waals surface area contributed by atoms with Crippen molar-refractivity contribution in [3.05, 3.63) is 82.8 Å². The number of nitrogens with one attached hydrogen (secondary N) is 3. The first-order valence-corrected chi connectivity index (χ1v) is 11.0. The van der Waals surface area contributed by atoms with Crippen molar-refractivity contribution in [2.45, 2.75) is 33.4 Å². The Bertz CT molecular complexity index is 1280. The molecule has 8 nitrogen and oxygen atoms in total. The van der Waals surface area contributed by atoms with Gasteiger partial charge in [-0.05, 0) is 53.7 Å². The normalized spacial score (nSPS) is 16.6. The SMILES string of the molecule is CC(C)(C)C1C=CC(C(O)Nc2cc(-c3cc(Nc4ccncn4)c(=O)[nH]n3)ccc2F)=CC1. The van der Waals surface area contributed by atoms with Gasteiger partial charge in [0.2, 0.25) is 0 Å². The average molecular weight is 463 g/mol. The van der Waals surface area contributed by atoms with Crippen LogP contribution in [0.15, 0.2) is 71.5 Å². The Morgan fingerprint density at radius 2 is 2.03 bits per heavy atom. The molecule has 2 unspecified atom stereocenters. The van der Waals surface area contributed by atoms with Crippen LogP contribution in [0.5, 0.6) is 0 Å². The molecule has 34 heavy (non-hydrogen) atoms. The van der Waals surface area contributed by atoms with Gasteiger partial charge in [0.1, 0.15) is 23.6 Å². The van der Waals surface area contributed by atoms with Crippen LogP contribution < -0.4 is 16.2 Å². The number of hydrogen-bond donors (Lipinski definition) is 4. The molecule has 0 aliphatic heterocycles. The molecule has 4 N–H and O–H groups in total. The minimum absolute atomic E-state index is 0.121. The molecule has 2 atom stereocenters. The standard InChI is InChI=1S/C25H27FN6O2/c1-25(2,3)17-7-4-15(5-8-17)23(33)30-20-12-16(6-9-18(20)26)19-13-21(24(34)32-31-19)29-22-10-11-27-14-28-22/h4-7,9-14,17,23,30,33H,8H2,1-3H3,(H,32,34)(H,27,28,29,31). The van der Waals surface area contributed by atoms with Crippen LogP contribution in [0, 0.1) is 17.2 Å². The number of hydrogen-bond acceptors (Lipinski definition) is 7. The summed E-state index contributed by atoms with van der Waals surface area (Å²) in [4.78, 5) is 20.1. The molecule has 0 bridgehead atoms. The van der Waals surface area contributed by atoms with Gasteiger partial charge in [0.15, 0.2) is 6.23 Å². The smallest absolute Gasteiger partial charge is 0.287 e. The molecule has 3 aromatic rings. The van der Waals surface area contributed by atoms with Gasteiger partial charge in [-0.3, -0.25) is 4.79 Å². The van der Waals surface area contributed by atoms with Crippen molar-refractivity contribution in [3.63, 3.8) is 0 Å². The van der Waals surface area contributed by atoms with Crippen LogP contribution in [0.25, 0.3) is 11.3 Å². The molecule has 2 heterocycles. The largest absolute Gasteiger partial charge is 0.369 e. The summed E-state index contributed by atoms with van der Waals surface area (Å²) in [5.74, 6) is 0.309. The van der Waals surface area contributed by atoms with E-state index in [-0.39, 0.29) is 16.8 Å². The molecule has 0 amide bonds. The van der Waals surface area contributed by atoms with Crippen LogP contribution in [0.1, 0.15) is 27.2 Å². The Morgan fingerprint density at radius 3 is 2.71 bits per heavy atom. The van der Waals surface area contributed by atoms with Crippen LogP contribution in [0.4, 0.5) is 21.6 Å². The second kappa shape index (κ2) is 9.56. The Hall–Kier alpha value is -3.85. The van der Waals surface area contributed by atoms with E-state index in [1.807, 2.05) is 12.2 Å². The van der Waals surface area contributed by atoms with Gasteiger partial charge < -0.3 is 15.7 Å². The Kier molecular flexibility index (Phi) is 6.56. The summed E-state index contributed by atoms with van der Waals surface area (Å²) < 4.78 is 14.5. The first kappa shape index (κ1) is 23.3. The fourth-order valence-electron chi connectivity index (χ4n) is 3.66. The number of benzene rings is 1. The minimum Gasteiger partial charge on any atom is -0.369 e. The number of H-pyrrole nitrogens is 1. The van der Waals surface area contributed by atoms with Crippen LogP contribution in [0.2, 0.25) is 0 Å². The number of rotatable bonds is 6. The molecular weight excluding hydrogens is 435 g/mol. The van der Waals surface area contributed by atoms with Crippen LogP contribution in [0.3, 0.4) is 0 Å². The van der Waals surface area contributed by atoms with Crippen LogP contribution in [-0.2, 0) is 0 Å². The lowest BCUT2D eigenvalue weighted by Gasteiger charge is -2.30. The molecule has 1 aliphatic carbocycles. The van der Waals surface area contributed by atoms with Crippen molar-refractivity contribution in [1.29, 1.82) is 0 Å².